The van der Waals surface area contributed by atoms with Gasteiger partial charge in [-0.2, -0.15) is 0 Å². The maximum Gasteiger partial charge on any atom is 0.150 e. The van der Waals surface area contributed by atoms with Crippen molar-refractivity contribution in [2.24, 2.45) is 0 Å². The number of benzene rings is 2. The van der Waals surface area contributed by atoms with Crippen LogP contribution in [0.25, 0.3) is 0 Å². The molecule has 0 fully saturated rings. The third-order valence-electron chi connectivity index (χ3n) is 2.50. The number of hydrogen-bond acceptors (Lipinski definition) is 4. The number of hydrogen-bond donors (Lipinski definition) is 1. The zero-order valence-corrected chi connectivity index (χ0v) is 11.2. The van der Waals surface area contributed by atoms with Crippen LogP contribution in [0, 0.1) is 0 Å². The number of methoxy groups -OCH3 is 1. The molecule has 0 unspecified atom stereocenters. The van der Waals surface area contributed by atoms with Crippen molar-refractivity contribution < 1.29 is 9.47 Å². The summed E-state index contributed by atoms with van der Waals surface area (Å²) < 4.78 is 10.8. The van der Waals surface area contributed by atoms with E-state index < -0.39 is 0 Å². The van der Waals surface area contributed by atoms with Gasteiger partial charge in [-0.3, -0.25) is 0 Å². The van der Waals surface area contributed by atoms with Crippen molar-refractivity contribution in [2.75, 3.05) is 19.1 Å². The Balaban J connectivity index is 2.17. The Bertz CT molecular complexity index is 526. The summed E-state index contributed by atoms with van der Waals surface area (Å²) in [5, 5.41) is 0. The van der Waals surface area contributed by atoms with Gasteiger partial charge in [0.2, 0.25) is 0 Å². The minimum absolute atomic E-state index is 0.559. The minimum Gasteiger partial charge on any atom is -0.497 e. The summed E-state index contributed by atoms with van der Waals surface area (Å²) in [6.45, 7) is 0. The first-order valence-electron chi connectivity index (χ1n) is 5.48. The van der Waals surface area contributed by atoms with Crippen molar-refractivity contribution in [3.05, 3.63) is 42.5 Å². The summed E-state index contributed by atoms with van der Waals surface area (Å²) in [7, 11) is 1.61. The van der Waals surface area contributed by atoms with Gasteiger partial charge in [0.1, 0.15) is 11.5 Å². The molecule has 2 rings (SSSR count). The number of thioether (sulfide) groups is 1. The molecule has 2 aromatic carbocycles. The fraction of sp³-hybridized carbons (Fsp3) is 0.143. The van der Waals surface area contributed by atoms with Gasteiger partial charge in [-0.05, 0) is 42.7 Å². The van der Waals surface area contributed by atoms with E-state index in [1.807, 2.05) is 36.6 Å². The zero-order valence-electron chi connectivity index (χ0n) is 10.3. The van der Waals surface area contributed by atoms with Crippen LogP contribution in [0.5, 0.6) is 17.2 Å². The van der Waals surface area contributed by atoms with E-state index in [9.17, 15) is 0 Å². The number of ether oxygens (including phenoxy) is 2. The summed E-state index contributed by atoms with van der Waals surface area (Å²) in [5.74, 6) is 2.12. The Morgan fingerprint density at radius 3 is 2.22 bits per heavy atom. The highest BCUT2D eigenvalue weighted by atomic mass is 32.2. The van der Waals surface area contributed by atoms with E-state index in [-0.39, 0.29) is 0 Å². The van der Waals surface area contributed by atoms with Gasteiger partial charge in [0.25, 0.3) is 0 Å². The minimum atomic E-state index is 0.559. The highest BCUT2D eigenvalue weighted by Crippen LogP contribution is 2.31. The van der Waals surface area contributed by atoms with Crippen LogP contribution in [-0.4, -0.2) is 13.4 Å². The quantitative estimate of drug-likeness (QED) is 0.671. The van der Waals surface area contributed by atoms with Crippen molar-refractivity contribution in [3.63, 3.8) is 0 Å². The van der Waals surface area contributed by atoms with Crippen LogP contribution in [0.1, 0.15) is 0 Å². The molecule has 0 aliphatic carbocycles. The number of anilines is 1. The normalized spacial score (nSPS) is 10.1. The van der Waals surface area contributed by atoms with Gasteiger partial charge >= 0.3 is 0 Å². The molecule has 3 nitrogen and oxygen atoms in total. The van der Waals surface area contributed by atoms with E-state index in [1.54, 1.807) is 31.0 Å². The van der Waals surface area contributed by atoms with Gasteiger partial charge in [0.05, 0.1) is 12.8 Å². The molecule has 4 heteroatoms. The molecular weight excluding hydrogens is 246 g/mol. The Kier molecular flexibility index (Phi) is 3.99. The first-order valence-corrected chi connectivity index (χ1v) is 6.71. The molecule has 18 heavy (non-hydrogen) atoms. The summed E-state index contributed by atoms with van der Waals surface area (Å²) in [6, 6.07) is 13.2. The Morgan fingerprint density at radius 1 is 1.00 bits per heavy atom. The molecule has 0 atom stereocenters. The molecule has 0 saturated heterocycles. The summed E-state index contributed by atoms with van der Waals surface area (Å²) >= 11 is 1.70. The lowest BCUT2D eigenvalue weighted by Gasteiger charge is -2.10. The smallest absolute Gasteiger partial charge is 0.150 e. The lowest BCUT2D eigenvalue weighted by atomic mass is 10.2. The number of rotatable bonds is 4. The Morgan fingerprint density at radius 2 is 1.67 bits per heavy atom. The van der Waals surface area contributed by atoms with Crippen molar-refractivity contribution in [3.8, 4) is 17.2 Å². The Labute approximate surface area is 111 Å². The fourth-order valence-electron chi connectivity index (χ4n) is 1.52. The second-order valence-electron chi connectivity index (χ2n) is 3.68. The van der Waals surface area contributed by atoms with E-state index >= 15 is 0 Å². The van der Waals surface area contributed by atoms with Crippen LogP contribution in [0.3, 0.4) is 0 Å². The molecule has 0 aliphatic rings. The molecule has 94 valence electrons. The standard InChI is InChI=1S/C14H15NO2S/c1-16-11-5-8-14(13(15)9-11)17-10-3-6-12(18-2)7-4-10/h3-9H,15H2,1-2H3. The van der Waals surface area contributed by atoms with Crippen molar-refractivity contribution >= 4 is 17.4 Å². The summed E-state index contributed by atoms with van der Waals surface area (Å²) in [4.78, 5) is 1.20. The predicted molar refractivity (Wildman–Crippen MR) is 75.7 cm³/mol. The lowest BCUT2D eigenvalue weighted by Crippen LogP contribution is -1.93. The third kappa shape index (κ3) is 2.90. The van der Waals surface area contributed by atoms with Crippen LogP contribution in [0.2, 0.25) is 0 Å². The first-order chi connectivity index (χ1) is 8.72. The molecule has 0 saturated carbocycles. The third-order valence-corrected chi connectivity index (χ3v) is 3.25. The van der Waals surface area contributed by atoms with Gasteiger partial charge in [-0.15, -0.1) is 11.8 Å². The molecular formula is C14H15NO2S. The van der Waals surface area contributed by atoms with Crippen LogP contribution in [0.15, 0.2) is 47.4 Å². The summed E-state index contributed by atoms with van der Waals surface area (Å²) in [6.07, 6.45) is 2.04. The molecule has 0 aromatic heterocycles. The van der Waals surface area contributed by atoms with E-state index in [2.05, 4.69) is 0 Å². The van der Waals surface area contributed by atoms with E-state index in [0.717, 1.165) is 11.5 Å². The number of nitrogen functional groups attached to an aromatic ring is 1. The number of nitrogens with two attached hydrogens (primary N) is 1. The average molecular weight is 261 g/mol. The van der Waals surface area contributed by atoms with Gasteiger partial charge in [-0.1, -0.05) is 0 Å². The SMILES string of the molecule is COc1ccc(Oc2ccc(SC)cc2)c(N)c1. The molecule has 2 N–H and O–H groups in total. The maximum absolute atomic E-state index is 5.89. The molecule has 0 spiro atoms. The first kappa shape index (κ1) is 12.6. The van der Waals surface area contributed by atoms with Gasteiger partial charge in [0.15, 0.2) is 5.75 Å². The monoisotopic (exact) mass is 261 g/mol. The van der Waals surface area contributed by atoms with Crippen LogP contribution >= 0.6 is 11.8 Å². The van der Waals surface area contributed by atoms with E-state index in [1.165, 1.54) is 4.90 Å². The second kappa shape index (κ2) is 5.69. The van der Waals surface area contributed by atoms with Gasteiger partial charge in [0, 0.05) is 11.0 Å². The Hall–Kier alpha value is -1.81. The second-order valence-corrected chi connectivity index (χ2v) is 4.56. The fourth-order valence-corrected chi connectivity index (χ4v) is 1.93. The van der Waals surface area contributed by atoms with Crippen LogP contribution in [-0.2, 0) is 0 Å². The largest absolute Gasteiger partial charge is 0.497 e. The molecule has 0 bridgehead atoms. The highest BCUT2D eigenvalue weighted by Gasteiger charge is 2.04. The van der Waals surface area contributed by atoms with Crippen LogP contribution < -0.4 is 15.2 Å². The van der Waals surface area contributed by atoms with E-state index in [0.29, 0.717) is 11.4 Å². The van der Waals surface area contributed by atoms with Crippen molar-refractivity contribution in [1.82, 2.24) is 0 Å². The highest BCUT2D eigenvalue weighted by molar-refractivity contribution is 7.98. The van der Waals surface area contributed by atoms with Crippen molar-refractivity contribution in [1.29, 1.82) is 0 Å². The maximum atomic E-state index is 5.89. The predicted octanol–water partition coefficient (Wildman–Crippen LogP) is 3.79. The molecule has 2 aromatic rings. The lowest BCUT2D eigenvalue weighted by molar-refractivity contribution is 0.413. The zero-order chi connectivity index (χ0) is 13.0. The molecule has 0 amide bonds. The van der Waals surface area contributed by atoms with E-state index in [4.69, 9.17) is 15.2 Å². The molecule has 0 heterocycles. The van der Waals surface area contributed by atoms with Gasteiger partial charge < -0.3 is 15.2 Å². The topological polar surface area (TPSA) is 44.5 Å². The summed E-state index contributed by atoms with van der Waals surface area (Å²) in [5.41, 5.74) is 6.45. The molecule has 0 aliphatic heterocycles. The molecule has 0 radical (unpaired) electrons. The van der Waals surface area contributed by atoms with Crippen molar-refractivity contribution in [2.45, 2.75) is 4.90 Å². The van der Waals surface area contributed by atoms with Crippen LogP contribution in [0.4, 0.5) is 5.69 Å². The average Bonchev–Trinajstić information content (AvgIpc) is 2.42. The van der Waals surface area contributed by atoms with Gasteiger partial charge in [-0.25, -0.2) is 0 Å².